The number of hydrogen-bond donors (Lipinski definition) is 0. The van der Waals surface area contributed by atoms with Gasteiger partial charge in [0.25, 0.3) is 0 Å². The van der Waals surface area contributed by atoms with Crippen LogP contribution in [0.4, 0.5) is 0 Å². The van der Waals surface area contributed by atoms with Crippen LogP contribution in [0.25, 0.3) is 0 Å². The van der Waals surface area contributed by atoms with Gasteiger partial charge in [-0.25, -0.2) is 0 Å². The third-order valence-electron chi connectivity index (χ3n) is 5.31. The first-order valence-electron chi connectivity index (χ1n) is 10.9. The minimum Gasteiger partial charge on any atom is -0.281 e. The van der Waals surface area contributed by atoms with Gasteiger partial charge in [0, 0.05) is 12.8 Å². The molecule has 0 aromatic rings. The average Bonchev–Trinajstić information content (AvgIpc) is 2.60. The minimum absolute atomic E-state index is 0.189. The van der Waals surface area contributed by atoms with Crippen LogP contribution in [0, 0.1) is 5.92 Å². The smallest absolute Gasteiger partial charge is 0.221 e. The highest BCUT2D eigenvalue weighted by Crippen LogP contribution is 2.20. The number of unbranched alkanes of at least 4 members (excludes halogenated alkanes) is 12. The van der Waals surface area contributed by atoms with Gasteiger partial charge in [0.1, 0.15) is 0 Å². The van der Waals surface area contributed by atoms with Gasteiger partial charge >= 0.3 is 0 Å². The van der Waals surface area contributed by atoms with E-state index in [1.807, 2.05) is 0 Å². The summed E-state index contributed by atoms with van der Waals surface area (Å²) < 4.78 is 0. The third kappa shape index (κ3) is 20.2. The fourth-order valence-electron chi connectivity index (χ4n) is 3.51. The summed E-state index contributed by atoms with van der Waals surface area (Å²) in [7, 11) is 0. The lowest BCUT2D eigenvalue weighted by molar-refractivity contribution is -0.112. The van der Waals surface area contributed by atoms with E-state index in [1.54, 1.807) is 0 Å². The quantitative estimate of drug-likeness (QED) is 0.151. The Bertz CT molecular complexity index is 345. The summed E-state index contributed by atoms with van der Waals surface area (Å²) >= 11 is 10.7. The first kappa shape index (κ1) is 25.9. The summed E-state index contributed by atoms with van der Waals surface area (Å²) in [6.45, 7) is 2.21. The molecule has 1 atom stereocenters. The Labute approximate surface area is 171 Å². The second kappa shape index (κ2) is 19.7. The maximum Gasteiger partial charge on any atom is 0.221 e. The highest BCUT2D eigenvalue weighted by molar-refractivity contribution is 6.63. The normalized spacial score (nSPS) is 12.3. The van der Waals surface area contributed by atoms with Gasteiger partial charge in [-0.2, -0.15) is 0 Å². The Morgan fingerprint density at radius 3 is 1.35 bits per heavy atom. The molecular formula is C22H40Cl2O2. The van der Waals surface area contributed by atoms with Crippen molar-refractivity contribution in [2.45, 2.75) is 122 Å². The van der Waals surface area contributed by atoms with E-state index in [4.69, 9.17) is 23.2 Å². The van der Waals surface area contributed by atoms with Crippen molar-refractivity contribution >= 4 is 33.7 Å². The molecule has 0 aromatic heterocycles. The van der Waals surface area contributed by atoms with Crippen LogP contribution in [0.3, 0.4) is 0 Å². The van der Waals surface area contributed by atoms with Crippen molar-refractivity contribution in [3.05, 3.63) is 0 Å². The van der Waals surface area contributed by atoms with Crippen molar-refractivity contribution < 1.29 is 9.59 Å². The second-order valence-electron chi connectivity index (χ2n) is 7.66. The summed E-state index contributed by atoms with van der Waals surface area (Å²) in [6.07, 6.45) is 21.2. The maximum absolute atomic E-state index is 10.8. The molecule has 0 rings (SSSR count). The lowest BCUT2D eigenvalue weighted by Crippen LogP contribution is -2.01. The lowest BCUT2D eigenvalue weighted by Gasteiger charge is -2.13. The van der Waals surface area contributed by atoms with Gasteiger partial charge < -0.3 is 0 Å². The summed E-state index contributed by atoms with van der Waals surface area (Å²) in [5.41, 5.74) is 0. The van der Waals surface area contributed by atoms with Crippen LogP contribution in [0.5, 0.6) is 0 Å². The number of carbonyl (C=O) groups excluding carboxylic acids is 2. The SMILES string of the molecule is CCC(CCCCCCCCCCCCCCCC(=O)Cl)CCC(=O)Cl. The molecule has 0 spiro atoms. The van der Waals surface area contributed by atoms with Crippen LogP contribution >= 0.6 is 23.2 Å². The zero-order valence-corrected chi connectivity index (χ0v) is 18.4. The summed E-state index contributed by atoms with van der Waals surface area (Å²) in [4.78, 5) is 21.4. The summed E-state index contributed by atoms with van der Waals surface area (Å²) in [6, 6.07) is 0. The molecule has 0 saturated carbocycles. The topological polar surface area (TPSA) is 34.1 Å². The van der Waals surface area contributed by atoms with Crippen LogP contribution in [0.1, 0.15) is 122 Å². The number of halogens is 2. The van der Waals surface area contributed by atoms with Gasteiger partial charge in [0.2, 0.25) is 10.5 Å². The minimum atomic E-state index is -0.196. The second-order valence-corrected chi connectivity index (χ2v) is 8.50. The maximum atomic E-state index is 10.8. The first-order valence-corrected chi connectivity index (χ1v) is 11.7. The van der Waals surface area contributed by atoms with Crippen molar-refractivity contribution in [2.24, 2.45) is 5.92 Å². The average molecular weight is 407 g/mol. The Morgan fingerprint density at radius 2 is 0.962 bits per heavy atom. The molecule has 26 heavy (non-hydrogen) atoms. The molecule has 0 aliphatic carbocycles. The van der Waals surface area contributed by atoms with Crippen LogP contribution in [-0.4, -0.2) is 10.5 Å². The third-order valence-corrected chi connectivity index (χ3v) is 5.69. The predicted molar refractivity (Wildman–Crippen MR) is 114 cm³/mol. The molecule has 1 unspecified atom stereocenters. The van der Waals surface area contributed by atoms with Gasteiger partial charge in [-0.3, -0.25) is 9.59 Å². The van der Waals surface area contributed by atoms with Gasteiger partial charge in [-0.1, -0.05) is 96.8 Å². The first-order chi connectivity index (χ1) is 12.6. The Hall–Kier alpha value is -0.0800. The zero-order valence-electron chi connectivity index (χ0n) is 16.9. The van der Waals surface area contributed by atoms with Gasteiger partial charge in [-0.05, 0) is 42.0 Å². The van der Waals surface area contributed by atoms with Crippen molar-refractivity contribution in [3.8, 4) is 0 Å². The summed E-state index contributed by atoms with van der Waals surface area (Å²) in [5.74, 6) is 0.674. The zero-order chi connectivity index (χ0) is 19.5. The van der Waals surface area contributed by atoms with Gasteiger partial charge in [-0.15, -0.1) is 0 Å². The van der Waals surface area contributed by atoms with Crippen LogP contribution in [0.2, 0.25) is 0 Å². The standard InChI is InChI=1S/C22H40Cl2O2/c1-2-20(18-19-22(24)26)16-14-12-10-8-6-4-3-5-7-9-11-13-15-17-21(23)25/h20H,2-19H2,1H3. The Morgan fingerprint density at radius 1 is 0.577 bits per heavy atom. The van der Waals surface area contributed by atoms with E-state index in [-0.39, 0.29) is 10.5 Å². The molecule has 154 valence electrons. The Kier molecular flexibility index (Phi) is 19.6. The molecule has 0 aliphatic rings. The molecule has 0 saturated heterocycles. The number of hydrogen-bond acceptors (Lipinski definition) is 2. The van der Waals surface area contributed by atoms with Gasteiger partial charge in [0.05, 0.1) is 0 Å². The molecule has 0 aliphatic heterocycles. The fraction of sp³-hybridized carbons (Fsp3) is 0.909. The largest absolute Gasteiger partial charge is 0.281 e. The van der Waals surface area contributed by atoms with E-state index in [9.17, 15) is 9.59 Å². The van der Waals surface area contributed by atoms with Crippen molar-refractivity contribution in [2.75, 3.05) is 0 Å². The molecular weight excluding hydrogens is 367 g/mol. The molecule has 2 nitrogen and oxygen atoms in total. The fourth-order valence-corrected chi connectivity index (χ4v) is 3.75. The molecule has 0 aromatic carbocycles. The highest BCUT2D eigenvalue weighted by Gasteiger charge is 2.08. The highest BCUT2D eigenvalue weighted by atomic mass is 35.5. The molecule has 0 N–H and O–H groups in total. The lowest BCUT2D eigenvalue weighted by atomic mass is 9.93. The number of carbonyl (C=O) groups is 2. The van der Waals surface area contributed by atoms with Crippen LogP contribution < -0.4 is 0 Å². The van der Waals surface area contributed by atoms with E-state index in [0.29, 0.717) is 18.8 Å². The Balaban J connectivity index is 3.21. The number of rotatable bonds is 20. The molecule has 0 amide bonds. The molecule has 0 radical (unpaired) electrons. The predicted octanol–water partition coefficient (Wildman–Crippen LogP) is 8.18. The van der Waals surface area contributed by atoms with E-state index < -0.39 is 0 Å². The van der Waals surface area contributed by atoms with Crippen LogP contribution in [-0.2, 0) is 9.59 Å². The molecule has 4 heteroatoms. The van der Waals surface area contributed by atoms with Crippen molar-refractivity contribution in [1.82, 2.24) is 0 Å². The van der Waals surface area contributed by atoms with Gasteiger partial charge in [0.15, 0.2) is 0 Å². The van der Waals surface area contributed by atoms with E-state index in [0.717, 1.165) is 25.7 Å². The molecule has 0 fully saturated rings. The van der Waals surface area contributed by atoms with E-state index >= 15 is 0 Å². The van der Waals surface area contributed by atoms with Crippen LogP contribution in [0.15, 0.2) is 0 Å². The van der Waals surface area contributed by atoms with E-state index in [1.165, 1.54) is 77.0 Å². The summed E-state index contributed by atoms with van der Waals surface area (Å²) in [5, 5.41) is -0.385. The molecule has 0 bridgehead atoms. The molecule has 0 heterocycles. The monoisotopic (exact) mass is 406 g/mol. The van der Waals surface area contributed by atoms with E-state index in [2.05, 4.69) is 6.92 Å². The van der Waals surface area contributed by atoms with Crippen molar-refractivity contribution in [1.29, 1.82) is 0 Å². The van der Waals surface area contributed by atoms with Crippen molar-refractivity contribution in [3.63, 3.8) is 0 Å².